The number of hydrogen-bond donors (Lipinski definition) is 0. The van der Waals surface area contributed by atoms with Crippen LogP contribution in [0, 0.1) is 16.0 Å². The van der Waals surface area contributed by atoms with Gasteiger partial charge < -0.3 is 9.64 Å². The van der Waals surface area contributed by atoms with Gasteiger partial charge in [0.1, 0.15) is 0 Å². The lowest BCUT2D eigenvalue weighted by Gasteiger charge is -2.52. The number of nitrogens with zero attached hydrogens (tertiary/aromatic N) is 4. The Balaban J connectivity index is 1.68. The zero-order valence-corrected chi connectivity index (χ0v) is 22.8. The van der Waals surface area contributed by atoms with E-state index in [4.69, 9.17) is 16.3 Å². The largest absolute Gasteiger partial charge is 0.469 e. The maximum Gasteiger partial charge on any atom is 0.310 e. The van der Waals surface area contributed by atoms with Crippen molar-refractivity contribution < 1.29 is 27.7 Å². The van der Waals surface area contributed by atoms with Crippen molar-refractivity contribution in [3.05, 3.63) is 63.7 Å². The van der Waals surface area contributed by atoms with E-state index in [0.717, 1.165) is 10.4 Å². The maximum atomic E-state index is 13.7. The van der Waals surface area contributed by atoms with Gasteiger partial charge in [0.2, 0.25) is 15.9 Å². The molecule has 2 atom stereocenters. The fraction of sp³-hybridized carbons (Fsp3) is 0.440. The molecule has 2 aliphatic rings. The monoisotopic (exact) mass is 564 g/mol. The van der Waals surface area contributed by atoms with Crippen molar-refractivity contribution >= 4 is 44.9 Å². The van der Waals surface area contributed by atoms with Crippen LogP contribution in [0.2, 0.25) is 5.02 Å². The van der Waals surface area contributed by atoms with Gasteiger partial charge in [-0.3, -0.25) is 24.6 Å². The molecule has 0 radical (unpaired) electrons. The number of piperidine rings is 1. The average molecular weight is 565 g/mol. The number of halogens is 1. The number of para-hydroxylation sites is 2. The lowest BCUT2D eigenvalue weighted by atomic mass is 9.89. The second-order valence-electron chi connectivity index (χ2n) is 10.0. The first kappa shape index (κ1) is 28.0. The highest BCUT2D eigenvalue weighted by Gasteiger charge is 2.48. The average Bonchev–Trinajstić information content (AvgIpc) is 2.89. The van der Waals surface area contributed by atoms with Crippen LogP contribution in [0.15, 0.2) is 53.4 Å². The molecule has 2 heterocycles. The Bertz CT molecular complexity index is 1370. The zero-order chi connectivity index (χ0) is 27.8. The number of carbonyl (C=O) groups excluding carboxylic acids is 2. The van der Waals surface area contributed by atoms with Crippen molar-refractivity contribution in [2.45, 2.75) is 36.7 Å². The Morgan fingerprint density at radius 2 is 1.79 bits per heavy atom. The molecule has 38 heavy (non-hydrogen) atoms. The molecular weight excluding hydrogens is 536 g/mol. The molecule has 4 rings (SSSR count). The summed E-state index contributed by atoms with van der Waals surface area (Å²) in [6, 6.07) is 11.6. The number of piperazine rings is 1. The lowest BCUT2D eigenvalue weighted by molar-refractivity contribution is -0.387. The summed E-state index contributed by atoms with van der Waals surface area (Å²) in [5.41, 5.74) is -0.583. The molecule has 2 aliphatic heterocycles. The standard InChI is InChI=1S/C25H29ClN4O7S/c1-25(2)16-28(20-9-5-4-8-19(20)26)23(31)15-29(25)18-12-17(24(32)37-3)13-27(14-18)38(35,36)22-11-7-6-10-21(22)30(33)34/h4-11,17-18H,12-16H2,1-3H3/t17-,18+/m0/s1. The van der Waals surface area contributed by atoms with Crippen molar-refractivity contribution in [3.8, 4) is 0 Å². The number of esters is 1. The molecule has 0 N–H and O–H groups in total. The van der Waals surface area contributed by atoms with Gasteiger partial charge in [0, 0.05) is 37.3 Å². The number of sulfonamides is 1. The molecule has 0 aromatic heterocycles. The van der Waals surface area contributed by atoms with Crippen LogP contribution in [-0.4, -0.2) is 79.3 Å². The topological polar surface area (TPSA) is 130 Å². The molecule has 11 nitrogen and oxygen atoms in total. The molecule has 0 bridgehead atoms. The number of benzene rings is 2. The van der Waals surface area contributed by atoms with Gasteiger partial charge in [-0.25, -0.2) is 8.42 Å². The molecule has 1 amide bonds. The third kappa shape index (κ3) is 5.26. The van der Waals surface area contributed by atoms with E-state index in [1.807, 2.05) is 18.7 Å². The van der Waals surface area contributed by atoms with E-state index in [1.54, 1.807) is 29.2 Å². The molecular formula is C25H29ClN4O7S. The SMILES string of the molecule is COC(=O)[C@H]1C[C@@H](N2CC(=O)N(c3ccccc3Cl)CC2(C)C)CN(S(=O)(=O)c2ccccc2[N+](=O)[O-])C1. The predicted molar refractivity (Wildman–Crippen MR) is 140 cm³/mol. The highest BCUT2D eigenvalue weighted by atomic mass is 35.5. The first-order valence-corrected chi connectivity index (χ1v) is 13.8. The van der Waals surface area contributed by atoms with Crippen molar-refractivity contribution in [2.75, 3.05) is 38.2 Å². The number of nitro benzene ring substituents is 1. The molecule has 2 fully saturated rings. The van der Waals surface area contributed by atoms with Crippen LogP contribution in [0.3, 0.4) is 0 Å². The third-order valence-corrected chi connectivity index (χ3v) is 9.32. The first-order valence-electron chi connectivity index (χ1n) is 12.0. The van der Waals surface area contributed by atoms with E-state index in [0.29, 0.717) is 10.7 Å². The van der Waals surface area contributed by atoms with Crippen LogP contribution in [0.5, 0.6) is 0 Å². The van der Waals surface area contributed by atoms with Crippen molar-refractivity contribution in [2.24, 2.45) is 5.92 Å². The van der Waals surface area contributed by atoms with Crippen LogP contribution in [0.25, 0.3) is 0 Å². The number of amides is 1. The number of nitro groups is 1. The van der Waals surface area contributed by atoms with Crippen molar-refractivity contribution in [3.63, 3.8) is 0 Å². The van der Waals surface area contributed by atoms with E-state index in [1.165, 1.54) is 25.3 Å². The Morgan fingerprint density at radius 3 is 2.45 bits per heavy atom. The molecule has 0 unspecified atom stereocenters. The van der Waals surface area contributed by atoms with Crippen LogP contribution in [0.4, 0.5) is 11.4 Å². The molecule has 0 saturated carbocycles. The highest BCUT2D eigenvalue weighted by molar-refractivity contribution is 7.89. The van der Waals surface area contributed by atoms with E-state index < -0.39 is 49.0 Å². The Hall–Kier alpha value is -3.06. The molecule has 13 heteroatoms. The summed E-state index contributed by atoms with van der Waals surface area (Å²) in [6.07, 6.45) is 0.262. The maximum absolute atomic E-state index is 13.7. The Kier molecular flexibility index (Phi) is 7.80. The Labute approximate surface area is 226 Å². The smallest absolute Gasteiger partial charge is 0.310 e. The fourth-order valence-electron chi connectivity index (χ4n) is 5.28. The van der Waals surface area contributed by atoms with Gasteiger partial charge in [-0.15, -0.1) is 0 Å². The molecule has 0 spiro atoms. The molecule has 0 aliphatic carbocycles. The quantitative estimate of drug-likeness (QED) is 0.297. The zero-order valence-electron chi connectivity index (χ0n) is 21.2. The summed E-state index contributed by atoms with van der Waals surface area (Å²) in [4.78, 5) is 39.8. The number of carbonyl (C=O) groups is 2. The highest BCUT2D eigenvalue weighted by Crippen LogP contribution is 2.36. The number of ether oxygens (including phenoxy) is 1. The molecule has 2 saturated heterocycles. The minimum atomic E-state index is -4.35. The van der Waals surface area contributed by atoms with Gasteiger partial charge in [-0.1, -0.05) is 35.9 Å². The number of rotatable bonds is 6. The number of anilines is 1. The predicted octanol–water partition coefficient (Wildman–Crippen LogP) is 2.93. The minimum absolute atomic E-state index is 0.0316. The van der Waals surface area contributed by atoms with Gasteiger partial charge in [-0.05, 0) is 38.5 Å². The normalized spacial score (nSPS) is 22.7. The summed E-state index contributed by atoms with van der Waals surface area (Å²) in [6.45, 7) is 3.88. The van der Waals surface area contributed by atoms with E-state index in [2.05, 4.69) is 0 Å². The van der Waals surface area contributed by atoms with Crippen LogP contribution >= 0.6 is 11.6 Å². The summed E-state index contributed by atoms with van der Waals surface area (Å²) in [5.74, 6) is -1.62. The van der Waals surface area contributed by atoms with Crippen LogP contribution in [-0.2, 0) is 24.3 Å². The van der Waals surface area contributed by atoms with Gasteiger partial charge in [0.15, 0.2) is 4.90 Å². The van der Waals surface area contributed by atoms with E-state index in [9.17, 15) is 28.1 Å². The molecule has 2 aromatic rings. The van der Waals surface area contributed by atoms with E-state index in [-0.39, 0.29) is 38.5 Å². The molecule has 2 aromatic carbocycles. The van der Waals surface area contributed by atoms with Gasteiger partial charge in [-0.2, -0.15) is 4.31 Å². The van der Waals surface area contributed by atoms with Crippen molar-refractivity contribution in [1.82, 2.24) is 9.21 Å². The van der Waals surface area contributed by atoms with Crippen LogP contribution < -0.4 is 4.90 Å². The third-order valence-electron chi connectivity index (χ3n) is 7.12. The summed E-state index contributed by atoms with van der Waals surface area (Å²) >= 11 is 6.35. The number of hydrogen-bond acceptors (Lipinski definition) is 8. The van der Waals surface area contributed by atoms with Crippen LogP contribution in [0.1, 0.15) is 20.3 Å². The summed E-state index contributed by atoms with van der Waals surface area (Å²) in [7, 11) is -3.12. The summed E-state index contributed by atoms with van der Waals surface area (Å²) < 4.78 is 33.3. The van der Waals surface area contributed by atoms with Gasteiger partial charge in [0.25, 0.3) is 5.69 Å². The first-order chi connectivity index (χ1) is 17.9. The lowest BCUT2D eigenvalue weighted by Crippen LogP contribution is -2.67. The second-order valence-corrected chi connectivity index (χ2v) is 12.3. The van der Waals surface area contributed by atoms with E-state index >= 15 is 0 Å². The fourth-order valence-corrected chi connectivity index (χ4v) is 7.20. The minimum Gasteiger partial charge on any atom is -0.469 e. The van der Waals surface area contributed by atoms with Crippen molar-refractivity contribution in [1.29, 1.82) is 0 Å². The Morgan fingerprint density at radius 1 is 1.13 bits per heavy atom. The van der Waals surface area contributed by atoms with Gasteiger partial charge >= 0.3 is 5.97 Å². The summed E-state index contributed by atoms with van der Waals surface area (Å²) in [5, 5.41) is 12.0. The second kappa shape index (κ2) is 10.6. The number of methoxy groups -OCH3 is 1. The van der Waals surface area contributed by atoms with Gasteiger partial charge in [0.05, 0.1) is 35.2 Å². The molecule has 204 valence electrons.